The van der Waals surface area contributed by atoms with Crippen LogP contribution in [-0.4, -0.2) is 41.5 Å². The summed E-state index contributed by atoms with van der Waals surface area (Å²) in [5.41, 5.74) is 0.436. The van der Waals surface area contributed by atoms with Gasteiger partial charge in [-0.3, -0.25) is 4.79 Å². The Bertz CT molecular complexity index is 653. The van der Waals surface area contributed by atoms with Crippen LogP contribution in [0.5, 0.6) is 0 Å². The highest BCUT2D eigenvalue weighted by atomic mass is 32.1. The summed E-state index contributed by atoms with van der Waals surface area (Å²) in [5.74, 6) is -0.367. The molecule has 120 valence electrons. The third-order valence-electron chi connectivity index (χ3n) is 3.53. The molecule has 0 saturated carbocycles. The number of carbonyl (C=O) groups excluding carboxylic acids is 2. The monoisotopic (exact) mass is 322 g/mol. The topological polar surface area (TPSA) is 51.5 Å². The number of thiophene rings is 1. The molecule has 0 unspecified atom stereocenters. The summed E-state index contributed by atoms with van der Waals surface area (Å²) < 4.78 is 6.60. The lowest BCUT2D eigenvalue weighted by Crippen LogP contribution is -2.35. The first-order chi connectivity index (χ1) is 10.6. The summed E-state index contributed by atoms with van der Waals surface area (Å²) in [5, 5.41) is 2.93. The number of nitrogens with zero attached hydrogens (tertiary/aromatic N) is 2. The highest BCUT2D eigenvalue weighted by Crippen LogP contribution is 2.26. The summed E-state index contributed by atoms with van der Waals surface area (Å²) >= 11 is 1.53. The quantitative estimate of drug-likeness (QED) is 0.736. The fourth-order valence-corrected chi connectivity index (χ4v) is 3.44. The molecule has 0 saturated heterocycles. The van der Waals surface area contributed by atoms with Gasteiger partial charge < -0.3 is 14.2 Å². The van der Waals surface area contributed by atoms with Crippen LogP contribution in [-0.2, 0) is 16.1 Å². The lowest BCUT2D eigenvalue weighted by molar-refractivity contribution is -0.131. The molecule has 0 aromatic carbocycles. The molecule has 2 aromatic rings. The molecule has 2 rings (SSSR count). The Hall–Kier alpha value is -1.82. The average molecular weight is 322 g/mol. The van der Waals surface area contributed by atoms with Gasteiger partial charge in [0, 0.05) is 18.5 Å². The maximum atomic E-state index is 12.6. The molecule has 5 nitrogen and oxygen atoms in total. The van der Waals surface area contributed by atoms with Crippen molar-refractivity contribution >= 4 is 33.4 Å². The van der Waals surface area contributed by atoms with Gasteiger partial charge in [-0.2, -0.15) is 0 Å². The first-order valence-electron chi connectivity index (χ1n) is 7.55. The summed E-state index contributed by atoms with van der Waals surface area (Å²) in [7, 11) is 1.36. The smallest absolute Gasteiger partial charge is 0.354 e. The molecule has 0 spiro atoms. The van der Waals surface area contributed by atoms with Crippen molar-refractivity contribution in [1.29, 1.82) is 0 Å². The van der Waals surface area contributed by atoms with Gasteiger partial charge in [0.25, 0.3) is 0 Å². The van der Waals surface area contributed by atoms with Gasteiger partial charge in [0.05, 0.1) is 7.11 Å². The number of hydrogen-bond donors (Lipinski definition) is 0. The largest absolute Gasteiger partial charge is 0.464 e. The van der Waals surface area contributed by atoms with Crippen molar-refractivity contribution in [2.24, 2.45) is 0 Å². The second-order valence-corrected chi connectivity index (χ2v) is 6.06. The van der Waals surface area contributed by atoms with E-state index in [1.807, 2.05) is 16.3 Å². The van der Waals surface area contributed by atoms with Crippen molar-refractivity contribution < 1.29 is 14.3 Å². The number of aromatic nitrogens is 1. The van der Waals surface area contributed by atoms with Crippen LogP contribution in [0.1, 0.15) is 37.2 Å². The third-order valence-corrected chi connectivity index (χ3v) is 4.48. The molecular weight excluding hydrogens is 300 g/mol. The van der Waals surface area contributed by atoms with Crippen LogP contribution in [0, 0.1) is 0 Å². The molecule has 0 aliphatic heterocycles. The number of methoxy groups -OCH3 is 1. The molecule has 2 aromatic heterocycles. The molecule has 0 radical (unpaired) electrons. The van der Waals surface area contributed by atoms with E-state index in [2.05, 4.69) is 13.8 Å². The van der Waals surface area contributed by atoms with Gasteiger partial charge in [-0.05, 0) is 30.4 Å². The van der Waals surface area contributed by atoms with E-state index in [4.69, 9.17) is 4.74 Å². The Balaban J connectivity index is 2.30. The van der Waals surface area contributed by atoms with Crippen LogP contribution in [0.4, 0.5) is 0 Å². The maximum Gasteiger partial charge on any atom is 0.354 e. The molecule has 0 bridgehead atoms. The average Bonchev–Trinajstić information content (AvgIpc) is 3.09. The Morgan fingerprint density at radius 3 is 2.55 bits per heavy atom. The standard InChI is InChI=1S/C16H22N2O3S/c1-4-7-17(8-5-2)14(19)11-18-13(16(20)21-3)10-12-6-9-22-15(12)18/h6,9-10H,4-5,7-8,11H2,1-3H3. The van der Waals surface area contributed by atoms with Crippen LogP contribution in [0.2, 0.25) is 0 Å². The van der Waals surface area contributed by atoms with E-state index < -0.39 is 5.97 Å². The lowest BCUT2D eigenvalue weighted by Gasteiger charge is -2.22. The van der Waals surface area contributed by atoms with E-state index in [9.17, 15) is 9.59 Å². The number of esters is 1. The zero-order valence-electron chi connectivity index (χ0n) is 13.3. The van der Waals surface area contributed by atoms with Gasteiger partial charge in [-0.1, -0.05) is 13.8 Å². The van der Waals surface area contributed by atoms with Crippen molar-refractivity contribution in [1.82, 2.24) is 9.47 Å². The van der Waals surface area contributed by atoms with Crippen molar-refractivity contribution in [3.05, 3.63) is 23.2 Å². The van der Waals surface area contributed by atoms with E-state index in [-0.39, 0.29) is 12.5 Å². The second-order valence-electron chi connectivity index (χ2n) is 5.17. The summed E-state index contributed by atoms with van der Waals surface area (Å²) in [6, 6.07) is 3.73. The van der Waals surface area contributed by atoms with E-state index in [0.29, 0.717) is 5.69 Å². The van der Waals surface area contributed by atoms with E-state index in [1.54, 1.807) is 10.6 Å². The Morgan fingerprint density at radius 2 is 1.95 bits per heavy atom. The Kier molecular flexibility index (Phi) is 5.60. The molecule has 0 N–H and O–H groups in total. The number of rotatable bonds is 7. The summed E-state index contributed by atoms with van der Waals surface area (Å²) in [4.78, 5) is 27.3. The second kappa shape index (κ2) is 7.45. The molecule has 0 atom stereocenters. The first kappa shape index (κ1) is 16.5. The Labute approximate surface area is 134 Å². The summed E-state index contributed by atoms with van der Waals surface area (Å²) in [6.07, 6.45) is 1.85. The highest BCUT2D eigenvalue weighted by molar-refractivity contribution is 7.16. The van der Waals surface area contributed by atoms with Crippen LogP contribution in [0.15, 0.2) is 17.5 Å². The molecule has 6 heteroatoms. The number of fused-ring (bicyclic) bond motifs is 1. The zero-order valence-corrected chi connectivity index (χ0v) is 14.1. The number of amides is 1. The van der Waals surface area contributed by atoms with Gasteiger partial charge in [-0.15, -0.1) is 11.3 Å². The van der Waals surface area contributed by atoms with Crippen molar-refractivity contribution in [2.75, 3.05) is 20.2 Å². The maximum absolute atomic E-state index is 12.6. The molecular formula is C16H22N2O3S. The predicted octanol–water partition coefficient (Wildman–Crippen LogP) is 3.14. The minimum absolute atomic E-state index is 0.0414. The number of carbonyl (C=O) groups is 2. The first-order valence-corrected chi connectivity index (χ1v) is 8.43. The van der Waals surface area contributed by atoms with E-state index >= 15 is 0 Å². The highest BCUT2D eigenvalue weighted by Gasteiger charge is 2.21. The van der Waals surface area contributed by atoms with Gasteiger partial charge in [0.15, 0.2) is 0 Å². The summed E-state index contributed by atoms with van der Waals surface area (Å²) in [6.45, 7) is 5.78. The van der Waals surface area contributed by atoms with E-state index in [1.165, 1.54) is 18.4 Å². The number of ether oxygens (including phenoxy) is 1. The van der Waals surface area contributed by atoms with Crippen molar-refractivity contribution in [3.8, 4) is 0 Å². The van der Waals surface area contributed by atoms with Crippen LogP contribution < -0.4 is 0 Å². The normalized spacial score (nSPS) is 10.9. The molecule has 2 heterocycles. The van der Waals surface area contributed by atoms with Crippen LogP contribution >= 0.6 is 11.3 Å². The Morgan fingerprint density at radius 1 is 1.27 bits per heavy atom. The fraction of sp³-hybridized carbons (Fsp3) is 0.500. The minimum atomic E-state index is -0.409. The molecule has 22 heavy (non-hydrogen) atoms. The third kappa shape index (κ3) is 3.32. The van der Waals surface area contributed by atoms with Crippen molar-refractivity contribution in [3.63, 3.8) is 0 Å². The van der Waals surface area contributed by atoms with Crippen LogP contribution in [0.25, 0.3) is 10.2 Å². The fourth-order valence-electron chi connectivity index (χ4n) is 2.54. The minimum Gasteiger partial charge on any atom is -0.464 e. The molecule has 0 aliphatic rings. The van der Waals surface area contributed by atoms with Crippen molar-refractivity contribution in [2.45, 2.75) is 33.2 Å². The van der Waals surface area contributed by atoms with Gasteiger partial charge in [0.2, 0.25) is 5.91 Å². The SMILES string of the molecule is CCCN(CCC)C(=O)Cn1c(C(=O)OC)cc2ccsc21. The van der Waals surface area contributed by atoms with Gasteiger partial charge in [0.1, 0.15) is 17.1 Å². The van der Waals surface area contributed by atoms with Crippen LogP contribution in [0.3, 0.4) is 0 Å². The molecule has 0 fully saturated rings. The van der Waals surface area contributed by atoms with Gasteiger partial charge in [-0.25, -0.2) is 4.79 Å². The number of hydrogen-bond acceptors (Lipinski definition) is 4. The zero-order chi connectivity index (χ0) is 16.1. The molecule has 0 aliphatic carbocycles. The predicted molar refractivity (Wildman–Crippen MR) is 88.3 cm³/mol. The van der Waals surface area contributed by atoms with Gasteiger partial charge >= 0.3 is 5.97 Å². The lowest BCUT2D eigenvalue weighted by atomic mass is 10.3. The van der Waals surface area contributed by atoms with E-state index in [0.717, 1.165) is 36.1 Å². The molecule has 1 amide bonds.